The zero-order valence-electron chi connectivity index (χ0n) is 13.7. The number of nitrogens with one attached hydrogen (secondary N) is 2. The lowest BCUT2D eigenvalue weighted by atomic mass is 10.1. The molecule has 0 spiro atoms. The monoisotopic (exact) mass is 350 g/mol. The van der Waals surface area contributed by atoms with Gasteiger partial charge in [0.25, 0.3) is 5.91 Å². The zero-order valence-corrected chi connectivity index (χ0v) is 14.5. The Bertz CT molecular complexity index is 668. The van der Waals surface area contributed by atoms with Crippen LogP contribution in [-0.4, -0.2) is 35.9 Å². The largest absolute Gasteiger partial charge is 0.497 e. The Labute approximate surface area is 148 Å². The van der Waals surface area contributed by atoms with Gasteiger partial charge in [0.1, 0.15) is 11.4 Å². The Morgan fingerprint density at radius 2 is 2.33 bits per heavy atom. The highest BCUT2D eigenvalue weighted by molar-refractivity contribution is 5.92. The van der Waals surface area contributed by atoms with E-state index in [0.717, 1.165) is 37.2 Å². The van der Waals surface area contributed by atoms with Crippen molar-refractivity contribution in [2.75, 3.05) is 20.2 Å². The summed E-state index contributed by atoms with van der Waals surface area (Å²) in [6.45, 7) is 2.42. The fourth-order valence-corrected chi connectivity index (χ4v) is 2.78. The second-order valence-corrected chi connectivity index (χ2v) is 5.72. The summed E-state index contributed by atoms with van der Waals surface area (Å²) < 4.78 is 7.08. The van der Waals surface area contributed by atoms with E-state index in [0.29, 0.717) is 18.3 Å². The maximum absolute atomic E-state index is 12.2. The third-order valence-electron chi connectivity index (χ3n) is 4.07. The van der Waals surface area contributed by atoms with E-state index in [1.807, 2.05) is 35.1 Å². The molecule has 0 saturated carbocycles. The molecular weight excluding hydrogens is 328 g/mol. The first kappa shape index (κ1) is 18.3. The number of aromatic nitrogens is 2. The van der Waals surface area contributed by atoms with Gasteiger partial charge < -0.3 is 15.4 Å². The molecule has 0 aliphatic carbocycles. The first-order valence-electron chi connectivity index (χ1n) is 7.93. The molecule has 1 aliphatic rings. The van der Waals surface area contributed by atoms with Gasteiger partial charge in [-0.15, -0.1) is 12.4 Å². The van der Waals surface area contributed by atoms with Gasteiger partial charge in [-0.1, -0.05) is 12.1 Å². The van der Waals surface area contributed by atoms with E-state index in [4.69, 9.17) is 4.74 Å². The maximum Gasteiger partial charge on any atom is 0.272 e. The van der Waals surface area contributed by atoms with Crippen molar-refractivity contribution >= 4 is 18.3 Å². The van der Waals surface area contributed by atoms with Crippen LogP contribution < -0.4 is 15.4 Å². The van der Waals surface area contributed by atoms with E-state index in [2.05, 4.69) is 15.7 Å². The standard InChI is InChI=1S/C17H22N4O2.ClH/c1-23-15-6-2-4-13(10-15)11-19-17(22)16-7-9-21(20-16)14-5-3-8-18-12-14;/h2,4,6-7,9-10,14,18H,3,5,8,11-12H2,1H3,(H,19,22);1H. The van der Waals surface area contributed by atoms with Crippen molar-refractivity contribution in [3.05, 3.63) is 47.8 Å². The van der Waals surface area contributed by atoms with Gasteiger partial charge in [0.2, 0.25) is 0 Å². The van der Waals surface area contributed by atoms with Crippen LogP contribution in [0.25, 0.3) is 0 Å². The lowest BCUT2D eigenvalue weighted by molar-refractivity contribution is 0.0944. The molecule has 1 atom stereocenters. The first-order chi connectivity index (χ1) is 11.3. The second kappa shape index (κ2) is 8.70. The third-order valence-corrected chi connectivity index (χ3v) is 4.07. The van der Waals surface area contributed by atoms with Gasteiger partial charge in [-0.3, -0.25) is 9.48 Å². The summed E-state index contributed by atoms with van der Waals surface area (Å²) in [5.74, 6) is 0.626. The van der Waals surface area contributed by atoms with Crippen LogP contribution in [0.4, 0.5) is 0 Å². The van der Waals surface area contributed by atoms with Crippen LogP contribution in [0.5, 0.6) is 5.75 Å². The lowest BCUT2D eigenvalue weighted by Crippen LogP contribution is -2.32. The molecule has 1 amide bonds. The molecular formula is C17H23ClN4O2. The molecule has 1 aliphatic heterocycles. The average molecular weight is 351 g/mol. The maximum atomic E-state index is 12.2. The lowest BCUT2D eigenvalue weighted by Gasteiger charge is -2.22. The number of hydrogen-bond donors (Lipinski definition) is 2. The average Bonchev–Trinajstić information content (AvgIpc) is 3.11. The van der Waals surface area contributed by atoms with Gasteiger partial charge in [-0.2, -0.15) is 5.10 Å². The van der Waals surface area contributed by atoms with Gasteiger partial charge in [0, 0.05) is 19.3 Å². The van der Waals surface area contributed by atoms with Crippen molar-refractivity contribution in [3.63, 3.8) is 0 Å². The summed E-state index contributed by atoms with van der Waals surface area (Å²) in [6, 6.07) is 9.76. The molecule has 0 bridgehead atoms. The minimum Gasteiger partial charge on any atom is -0.497 e. The Balaban J connectivity index is 0.00000208. The summed E-state index contributed by atoms with van der Waals surface area (Å²) in [4.78, 5) is 12.2. The van der Waals surface area contributed by atoms with Gasteiger partial charge in [0.15, 0.2) is 0 Å². The van der Waals surface area contributed by atoms with Crippen LogP contribution in [0, 0.1) is 0 Å². The van der Waals surface area contributed by atoms with Crippen molar-refractivity contribution in [2.45, 2.75) is 25.4 Å². The minimum absolute atomic E-state index is 0. The molecule has 0 radical (unpaired) electrons. The molecule has 130 valence electrons. The highest BCUT2D eigenvalue weighted by atomic mass is 35.5. The zero-order chi connectivity index (χ0) is 16.1. The van der Waals surface area contributed by atoms with Crippen LogP contribution >= 0.6 is 12.4 Å². The number of amides is 1. The molecule has 6 nitrogen and oxygen atoms in total. The van der Waals surface area contributed by atoms with Gasteiger partial charge in [-0.05, 0) is 43.1 Å². The number of ether oxygens (including phenoxy) is 1. The van der Waals surface area contributed by atoms with Crippen molar-refractivity contribution in [2.24, 2.45) is 0 Å². The van der Waals surface area contributed by atoms with Gasteiger partial charge >= 0.3 is 0 Å². The Kier molecular flexibility index (Phi) is 6.63. The van der Waals surface area contributed by atoms with E-state index in [-0.39, 0.29) is 18.3 Å². The number of benzene rings is 1. The number of piperidine rings is 1. The normalized spacial score (nSPS) is 17.0. The Morgan fingerprint density at radius 3 is 3.08 bits per heavy atom. The van der Waals surface area contributed by atoms with E-state index in [9.17, 15) is 4.79 Å². The fraction of sp³-hybridized carbons (Fsp3) is 0.412. The smallest absolute Gasteiger partial charge is 0.272 e. The molecule has 1 aromatic carbocycles. The highest BCUT2D eigenvalue weighted by Crippen LogP contribution is 2.16. The quantitative estimate of drug-likeness (QED) is 0.867. The highest BCUT2D eigenvalue weighted by Gasteiger charge is 2.17. The van der Waals surface area contributed by atoms with Crippen molar-refractivity contribution in [1.82, 2.24) is 20.4 Å². The van der Waals surface area contributed by atoms with Crippen molar-refractivity contribution < 1.29 is 9.53 Å². The van der Waals surface area contributed by atoms with Crippen LogP contribution in [-0.2, 0) is 6.54 Å². The number of nitrogens with zero attached hydrogens (tertiary/aromatic N) is 2. The molecule has 24 heavy (non-hydrogen) atoms. The van der Waals surface area contributed by atoms with E-state index < -0.39 is 0 Å². The molecule has 1 fully saturated rings. The Hall–Kier alpha value is -2.05. The van der Waals surface area contributed by atoms with Crippen LogP contribution in [0.3, 0.4) is 0 Å². The number of carbonyl (C=O) groups excluding carboxylic acids is 1. The molecule has 2 heterocycles. The number of rotatable bonds is 5. The topological polar surface area (TPSA) is 68.2 Å². The Morgan fingerprint density at radius 1 is 1.46 bits per heavy atom. The molecule has 1 unspecified atom stereocenters. The number of carbonyl (C=O) groups is 1. The molecule has 2 N–H and O–H groups in total. The molecule has 1 saturated heterocycles. The van der Waals surface area contributed by atoms with Crippen LogP contribution in [0.2, 0.25) is 0 Å². The summed E-state index contributed by atoms with van der Waals surface area (Å²) in [7, 11) is 1.63. The van der Waals surface area contributed by atoms with Crippen molar-refractivity contribution in [1.29, 1.82) is 0 Å². The second-order valence-electron chi connectivity index (χ2n) is 5.72. The third kappa shape index (κ3) is 4.49. The van der Waals surface area contributed by atoms with Crippen LogP contribution in [0.15, 0.2) is 36.5 Å². The first-order valence-corrected chi connectivity index (χ1v) is 7.93. The summed E-state index contributed by atoms with van der Waals surface area (Å²) in [5, 5.41) is 10.7. The molecule has 2 aromatic rings. The fourth-order valence-electron chi connectivity index (χ4n) is 2.78. The van der Waals surface area contributed by atoms with Crippen LogP contribution in [0.1, 0.15) is 34.9 Å². The predicted octanol–water partition coefficient (Wildman–Crippen LogP) is 2.17. The summed E-state index contributed by atoms with van der Waals surface area (Å²) in [6.07, 6.45) is 4.12. The minimum atomic E-state index is -0.157. The van der Waals surface area contributed by atoms with Crippen molar-refractivity contribution in [3.8, 4) is 5.75 Å². The van der Waals surface area contributed by atoms with Gasteiger partial charge in [0.05, 0.1) is 13.2 Å². The van der Waals surface area contributed by atoms with E-state index in [1.54, 1.807) is 13.2 Å². The number of halogens is 1. The SMILES string of the molecule is COc1cccc(CNC(=O)c2ccn(C3CCCNC3)n2)c1.Cl. The van der Waals surface area contributed by atoms with Gasteiger partial charge in [-0.25, -0.2) is 0 Å². The molecule has 7 heteroatoms. The van der Waals surface area contributed by atoms with E-state index in [1.165, 1.54) is 0 Å². The number of hydrogen-bond acceptors (Lipinski definition) is 4. The predicted molar refractivity (Wildman–Crippen MR) is 94.8 cm³/mol. The summed E-state index contributed by atoms with van der Waals surface area (Å²) in [5.41, 5.74) is 1.45. The summed E-state index contributed by atoms with van der Waals surface area (Å²) >= 11 is 0. The number of methoxy groups -OCH3 is 1. The molecule has 1 aromatic heterocycles. The molecule has 3 rings (SSSR count). The van der Waals surface area contributed by atoms with E-state index >= 15 is 0 Å².